The first kappa shape index (κ1) is 21.1. The van der Waals surface area contributed by atoms with Gasteiger partial charge in [-0.05, 0) is 25.2 Å². The van der Waals surface area contributed by atoms with E-state index < -0.39 is 27.7 Å². The normalized spacial score (nSPS) is 19.3. The fourth-order valence-electron chi connectivity index (χ4n) is 2.53. The highest BCUT2D eigenvalue weighted by Gasteiger charge is 2.41. The molecule has 2 atom stereocenters. The van der Waals surface area contributed by atoms with E-state index in [2.05, 4.69) is 5.32 Å². The molecule has 1 N–H and O–H groups in total. The molecule has 0 aromatic carbocycles. The van der Waals surface area contributed by atoms with Crippen molar-refractivity contribution in [3.05, 3.63) is 11.8 Å². The zero-order chi connectivity index (χ0) is 18.5. The van der Waals surface area contributed by atoms with Gasteiger partial charge in [0, 0.05) is 6.08 Å². The van der Waals surface area contributed by atoms with E-state index >= 15 is 0 Å². The minimum absolute atomic E-state index is 0.0519. The van der Waals surface area contributed by atoms with Gasteiger partial charge in [0.1, 0.15) is 11.8 Å². The molecule has 1 aliphatic rings. The molecule has 0 aliphatic carbocycles. The molecular formula is C15H21Cl3N2O4. The lowest BCUT2D eigenvalue weighted by atomic mass is 10.0. The molecule has 0 saturated heterocycles. The van der Waals surface area contributed by atoms with Crippen molar-refractivity contribution in [1.82, 2.24) is 10.2 Å². The van der Waals surface area contributed by atoms with Gasteiger partial charge in [-0.2, -0.15) is 0 Å². The maximum Gasteiger partial charge on any atom is 0.257 e. The van der Waals surface area contributed by atoms with E-state index in [1.807, 2.05) is 13.8 Å². The fraction of sp³-hybridized carbons (Fsp3) is 0.667. The second-order valence-electron chi connectivity index (χ2n) is 5.93. The lowest BCUT2D eigenvalue weighted by molar-refractivity contribution is -0.145. The standard InChI is InChI=1S/C15H21Cl3N2O4/c1-9(2)6-11-12(24-3)7-13(22)20(11)14(23)10(19-8-21)4-5-15(16,17)18/h7-11H,4-6H2,1-3H3,(H,19,21). The number of ether oxygens (including phenoxy) is 1. The van der Waals surface area contributed by atoms with Crippen molar-refractivity contribution in [1.29, 1.82) is 0 Å². The molecule has 0 spiro atoms. The number of nitrogens with one attached hydrogen (secondary N) is 1. The third-order valence-corrected chi connectivity index (χ3v) is 4.16. The monoisotopic (exact) mass is 398 g/mol. The van der Waals surface area contributed by atoms with Crippen LogP contribution in [0.1, 0.15) is 33.1 Å². The molecule has 0 fully saturated rings. The highest BCUT2D eigenvalue weighted by Crippen LogP contribution is 2.33. The van der Waals surface area contributed by atoms with Crippen molar-refractivity contribution >= 4 is 53.0 Å². The van der Waals surface area contributed by atoms with Crippen LogP contribution in [0.5, 0.6) is 0 Å². The second kappa shape index (κ2) is 8.92. The number of rotatable bonds is 8. The summed E-state index contributed by atoms with van der Waals surface area (Å²) in [5.74, 6) is -0.369. The minimum atomic E-state index is -1.55. The number of alkyl halides is 3. The van der Waals surface area contributed by atoms with Crippen LogP contribution in [0, 0.1) is 5.92 Å². The number of imide groups is 1. The summed E-state index contributed by atoms with van der Waals surface area (Å²) in [6, 6.07) is -1.46. The average molecular weight is 400 g/mol. The summed E-state index contributed by atoms with van der Waals surface area (Å²) in [5.41, 5.74) is 0. The van der Waals surface area contributed by atoms with Gasteiger partial charge in [0.2, 0.25) is 6.41 Å². The Bertz CT molecular complexity index is 517. The predicted molar refractivity (Wildman–Crippen MR) is 92.7 cm³/mol. The topological polar surface area (TPSA) is 75.7 Å². The van der Waals surface area contributed by atoms with Gasteiger partial charge in [-0.3, -0.25) is 19.3 Å². The third-order valence-electron chi connectivity index (χ3n) is 3.59. The van der Waals surface area contributed by atoms with Crippen LogP contribution in [0.15, 0.2) is 11.8 Å². The van der Waals surface area contributed by atoms with E-state index in [1.165, 1.54) is 13.2 Å². The number of nitrogens with zero attached hydrogens (tertiary/aromatic N) is 1. The molecule has 24 heavy (non-hydrogen) atoms. The summed E-state index contributed by atoms with van der Waals surface area (Å²) in [7, 11) is 1.45. The van der Waals surface area contributed by atoms with Crippen LogP contribution in [0.2, 0.25) is 0 Å². The highest BCUT2D eigenvalue weighted by molar-refractivity contribution is 6.67. The largest absolute Gasteiger partial charge is 0.499 e. The van der Waals surface area contributed by atoms with Gasteiger partial charge in [0.25, 0.3) is 11.8 Å². The SMILES string of the molecule is COC1=CC(=O)N(C(=O)C(CCC(Cl)(Cl)Cl)NC=O)C1CC(C)C. The van der Waals surface area contributed by atoms with Crippen LogP contribution in [0.25, 0.3) is 0 Å². The number of amides is 3. The molecule has 1 rings (SSSR count). The minimum Gasteiger partial charge on any atom is -0.499 e. The molecule has 3 amide bonds. The van der Waals surface area contributed by atoms with Crippen LogP contribution >= 0.6 is 34.8 Å². The molecule has 1 aliphatic heterocycles. The van der Waals surface area contributed by atoms with E-state index in [4.69, 9.17) is 39.5 Å². The second-order valence-corrected chi connectivity index (χ2v) is 8.45. The Kier molecular flexibility index (Phi) is 7.83. The molecule has 0 saturated carbocycles. The van der Waals surface area contributed by atoms with Crippen molar-refractivity contribution in [3.8, 4) is 0 Å². The maximum atomic E-state index is 12.8. The summed E-state index contributed by atoms with van der Waals surface area (Å²) in [4.78, 5) is 36.9. The van der Waals surface area contributed by atoms with Crippen LogP contribution in [-0.4, -0.2) is 46.1 Å². The zero-order valence-electron chi connectivity index (χ0n) is 13.7. The van der Waals surface area contributed by atoms with E-state index in [9.17, 15) is 14.4 Å². The molecule has 136 valence electrons. The summed E-state index contributed by atoms with van der Waals surface area (Å²) in [6.45, 7) is 3.95. The van der Waals surface area contributed by atoms with Gasteiger partial charge in [-0.15, -0.1) is 0 Å². The fourth-order valence-corrected chi connectivity index (χ4v) is 2.86. The lowest BCUT2D eigenvalue weighted by Crippen LogP contribution is -2.51. The van der Waals surface area contributed by atoms with Crippen LogP contribution < -0.4 is 5.32 Å². The number of carbonyl (C=O) groups is 3. The number of methoxy groups -OCH3 is 1. The molecular weight excluding hydrogens is 379 g/mol. The van der Waals surface area contributed by atoms with Gasteiger partial charge in [-0.25, -0.2) is 0 Å². The quantitative estimate of drug-likeness (QED) is 0.503. The van der Waals surface area contributed by atoms with Gasteiger partial charge in [0.15, 0.2) is 3.79 Å². The third kappa shape index (κ3) is 5.83. The summed E-state index contributed by atoms with van der Waals surface area (Å²) in [6.07, 6.45) is 2.38. The Hall–Kier alpha value is -0.980. The molecule has 0 aromatic rings. The van der Waals surface area contributed by atoms with Gasteiger partial charge >= 0.3 is 0 Å². The number of hydrogen-bond acceptors (Lipinski definition) is 4. The lowest BCUT2D eigenvalue weighted by Gasteiger charge is -2.29. The van der Waals surface area contributed by atoms with Crippen LogP contribution in [0.3, 0.4) is 0 Å². The summed E-state index contributed by atoms with van der Waals surface area (Å²) in [5, 5.41) is 2.40. The first-order chi connectivity index (χ1) is 11.1. The Balaban J connectivity index is 2.97. The molecule has 6 nitrogen and oxygen atoms in total. The van der Waals surface area contributed by atoms with Gasteiger partial charge in [0.05, 0.1) is 13.2 Å². The number of carbonyl (C=O) groups excluding carboxylic acids is 3. The summed E-state index contributed by atoms with van der Waals surface area (Å²) >= 11 is 17.1. The molecule has 0 radical (unpaired) electrons. The van der Waals surface area contributed by atoms with E-state index in [0.717, 1.165) is 4.90 Å². The summed E-state index contributed by atoms with van der Waals surface area (Å²) < 4.78 is 3.67. The van der Waals surface area contributed by atoms with Crippen molar-refractivity contribution in [2.24, 2.45) is 5.92 Å². The van der Waals surface area contributed by atoms with E-state index in [0.29, 0.717) is 18.6 Å². The number of halogens is 3. The van der Waals surface area contributed by atoms with Crippen molar-refractivity contribution in [2.45, 2.75) is 49.0 Å². The molecule has 0 bridgehead atoms. The van der Waals surface area contributed by atoms with Crippen molar-refractivity contribution < 1.29 is 19.1 Å². The molecule has 2 unspecified atom stereocenters. The molecule has 0 aromatic heterocycles. The molecule has 1 heterocycles. The smallest absolute Gasteiger partial charge is 0.257 e. The Labute approximate surface area is 156 Å². The van der Waals surface area contributed by atoms with Gasteiger partial charge in [-0.1, -0.05) is 48.7 Å². The first-order valence-electron chi connectivity index (χ1n) is 7.49. The zero-order valence-corrected chi connectivity index (χ0v) is 16.0. The first-order valence-corrected chi connectivity index (χ1v) is 8.63. The Morgan fingerprint density at radius 1 is 1.46 bits per heavy atom. The average Bonchev–Trinajstić information content (AvgIpc) is 2.76. The van der Waals surface area contributed by atoms with E-state index in [-0.39, 0.29) is 18.8 Å². The van der Waals surface area contributed by atoms with Crippen molar-refractivity contribution in [2.75, 3.05) is 7.11 Å². The maximum absolute atomic E-state index is 12.8. The Morgan fingerprint density at radius 2 is 2.08 bits per heavy atom. The molecule has 9 heteroatoms. The number of hydrogen-bond donors (Lipinski definition) is 1. The predicted octanol–water partition coefficient (Wildman–Crippen LogP) is 2.57. The highest BCUT2D eigenvalue weighted by atomic mass is 35.6. The van der Waals surface area contributed by atoms with E-state index in [1.54, 1.807) is 0 Å². The van der Waals surface area contributed by atoms with Gasteiger partial charge < -0.3 is 10.1 Å². The van der Waals surface area contributed by atoms with Crippen molar-refractivity contribution in [3.63, 3.8) is 0 Å². The van der Waals surface area contributed by atoms with Crippen LogP contribution in [0.4, 0.5) is 0 Å². The Morgan fingerprint density at radius 3 is 2.54 bits per heavy atom. The van der Waals surface area contributed by atoms with Crippen LogP contribution in [-0.2, 0) is 19.1 Å².